The van der Waals surface area contributed by atoms with Gasteiger partial charge < -0.3 is 4.74 Å². The van der Waals surface area contributed by atoms with Crippen LogP contribution in [0.3, 0.4) is 0 Å². The van der Waals surface area contributed by atoms with Crippen LogP contribution in [0, 0.1) is 23.7 Å². The molecule has 3 aliphatic carbocycles. The van der Waals surface area contributed by atoms with E-state index in [-0.39, 0.29) is 12.1 Å². The van der Waals surface area contributed by atoms with E-state index in [0.717, 1.165) is 18.3 Å². The quantitative estimate of drug-likeness (QED) is 0.470. The van der Waals surface area contributed by atoms with Crippen molar-refractivity contribution in [3.8, 4) is 0 Å². The van der Waals surface area contributed by atoms with Crippen molar-refractivity contribution in [3.63, 3.8) is 0 Å². The van der Waals surface area contributed by atoms with Gasteiger partial charge in [-0.25, -0.2) is 0 Å². The zero-order valence-electron chi connectivity index (χ0n) is 8.48. The summed E-state index contributed by atoms with van der Waals surface area (Å²) in [5.41, 5.74) is 0. The monoisotopic (exact) mass is 192 g/mol. The summed E-state index contributed by atoms with van der Waals surface area (Å²) in [6.45, 7) is 1.52. The van der Waals surface area contributed by atoms with Crippen LogP contribution in [0.2, 0.25) is 0 Å². The molecular weight excluding hydrogens is 176 g/mol. The maximum Gasteiger partial charge on any atom is 0.302 e. The molecule has 0 aromatic heterocycles. The Morgan fingerprint density at radius 3 is 2.86 bits per heavy atom. The standard InChI is InChI=1S/C12H16O2/c1-7(13)14-11-5-4-10-8-2-3-9(6-8)12(10)11/h2-3,8-12H,4-6H2,1H3/t8-,9+,10-,11-,12+/m0/s1. The summed E-state index contributed by atoms with van der Waals surface area (Å²) in [5.74, 6) is 2.85. The van der Waals surface area contributed by atoms with Gasteiger partial charge in [0.15, 0.2) is 0 Å². The lowest BCUT2D eigenvalue weighted by atomic mass is 9.85. The highest BCUT2D eigenvalue weighted by Crippen LogP contribution is 2.56. The van der Waals surface area contributed by atoms with Gasteiger partial charge in [-0.2, -0.15) is 0 Å². The first kappa shape index (κ1) is 8.51. The van der Waals surface area contributed by atoms with Gasteiger partial charge in [0.05, 0.1) is 0 Å². The topological polar surface area (TPSA) is 26.3 Å². The molecule has 0 amide bonds. The molecule has 2 heteroatoms. The summed E-state index contributed by atoms with van der Waals surface area (Å²) < 4.78 is 5.40. The van der Waals surface area contributed by atoms with E-state index in [0.29, 0.717) is 11.8 Å². The first-order valence-electron chi connectivity index (χ1n) is 5.61. The zero-order chi connectivity index (χ0) is 9.71. The highest BCUT2D eigenvalue weighted by Gasteiger charge is 2.52. The van der Waals surface area contributed by atoms with E-state index in [1.165, 1.54) is 19.8 Å². The van der Waals surface area contributed by atoms with Crippen LogP contribution in [0.4, 0.5) is 0 Å². The fourth-order valence-corrected chi connectivity index (χ4v) is 3.82. The smallest absolute Gasteiger partial charge is 0.302 e. The van der Waals surface area contributed by atoms with Crippen molar-refractivity contribution in [2.45, 2.75) is 32.3 Å². The molecule has 76 valence electrons. The molecule has 14 heavy (non-hydrogen) atoms. The van der Waals surface area contributed by atoms with Crippen molar-refractivity contribution in [2.24, 2.45) is 23.7 Å². The third-order valence-electron chi connectivity index (χ3n) is 4.22. The van der Waals surface area contributed by atoms with Crippen LogP contribution in [0.5, 0.6) is 0 Å². The van der Waals surface area contributed by atoms with Gasteiger partial charge in [-0.15, -0.1) is 0 Å². The number of allylic oxidation sites excluding steroid dienone is 2. The largest absolute Gasteiger partial charge is 0.462 e. The Morgan fingerprint density at radius 1 is 1.29 bits per heavy atom. The lowest BCUT2D eigenvalue weighted by Gasteiger charge is -2.25. The second kappa shape index (κ2) is 2.85. The Kier molecular flexibility index (Phi) is 1.73. The minimum absolute atomic E-state index is 0.109. The number of hydrogen-bond donors (Lipinski definition) is 0. The van der Waals surface area contributed by atoms with Crippen molar-refractivity contribution in [1.29, 1.82) is 0 Å². The number of rotatable bonds is 1. The van der Waals surface area contributed by atoms with Crippen molar-refractivity contribution in [3.05, 3.63) is 12.2 Å². The van der Waals surface area contributed by atoms with Gasteiger partial charge in [-0.1, -0.05) is 12.2 Å². The molecule has 2 bridgehead atoms. The first-order chi connectivity index (χ1) is 6.75. The van der Waals surface area contributed by atoms with E-state index in [4.69, 9.17) is 4.74 Å². The maximum absolute atomic E-state index is 11.0. The van der Waals surface area contributed by atoms with Crippen molar-refractivity contribution in [2.75, 3.05) is 0 Å². The van der Waals surface area contributed by atoms with Crippen molar-refractivity contribution in [1.82, 2.24) is 0 Å². The number of esters is 1. The summed E-state index contributed by atoms with van der Waals surface area (Å²) >= 11 is 0. The highest BCUT2D eigenvalue weighted by molar-refractivity contribution is 5.66. The average molecular weight is 192 g/mol. The predicted molar refractivity (Wildman–Crippen MR) is 52.5 cm³/mol. The third-order valence-corrected chi connectivity index (χ3v) is 4.22. The molecule has 0 saturated heterocycles. The van der Waals surface area contributed by atoms with Crippen LogP contribution in [0.25, 0.3) is 0 Å². The number of fused-ring (bicyclic) bond motifs is 5. The molecule has 3 rings (SSSR count). The Bertz CT molecular complexity index is 295. The maximum atomic E-state index is 11.0. The van der Waals surface area contributed by atoms with Crippen LogP contribution >= 0.6 is 0 Å². The SMILES string of the molecule is CC(=O)O[C@H]1CC[C@@H]2[C@H]1[C@@H]1C=C[C@H]2C1. The molecule has 3 aliphatic rings. The molecule has 2 nitrogen and oxygen atoms in total. The summed E-state index contributed by atoms with van der Waals surface area (Å²) in [5, 5.41) is 0. The highest BCUT2D eigenvalue weighted by atomic mass is 16.5. The van der Waals surface area contributed by atoms with Gasteiger partial charge in [0, 0.05) is 12.8 Å². The zero-order valence-corrected chi connectivity index (χ0v) is 8.48. The fraction of sp³-hybridized carbons (Fsp3) is 0.750. The van der Waals surface area contributed by atoms with E-state index < -0.39 is 0 Å². The minimum atomic E-state index is -0.109. The summed E-state index contributed by atoms with van der Waals surface area (Å²) in [6.07, 6.45) is 8.60. The first-order valence-corrected chi connectivity index (χ1v) is 5.61. The van der Waals surface area contributed by atoms with Gasteiger partial charge >= 0.3 is 5.97 Å². The van der Waals surface area contributed by atoms with Gasteiger partial charge in [-0.3, -0.25) is 4.79 Å². The molecule has 0 heterocycles. The Balaban J connectivity index is 1.79. The lowest BCUT2D eigenvalue weighted by Crippen LogP contribution is -2.27. The summed E-state index contributed by atoms with van der Waals surface area (Å²) in [4.78, 5) is 11.0. The van der Waals surface area contributed by atoms with Gasteiger partial charge in [0.25, 0.3) is 0 Å². The Labute approximate surface area is 84.3 Å². The Hall–Kier alpha value is -0.790. The molecule has 0 aromatic rings. The van der Waals surface area contributed by atoms with Crippen LogP contribution in [-0.4, -0.2) is 12.1 Å². The van der Waals surface area contributed by atoms with E-state index in [9.17, 15) is 4.79 Å². The number of carbonyl (C=O) groups excluding carboxylic acids is 1. The van der Waals surface area contributed by atoms with E-state index >= 15 is 0 Å². The second-order valence-electron chi connectivity index (χ2n) is 4.91. The van der Waals surface area contributed by atoms with Crippen LogP contribution in [0.1, 0.15) is 26.2 Å². The number of hydrogen-bond acceptors (Lipinski definition) is 2. The average Bonchev–Trinajstić information content (AvgIpc) is 2.74. The van der Waals surface area contributed by atoms with E-state index in [1.807, 2.05) is 0 Å². The molecule has 0 unspecified atom stereocenters. The Morgan fingerprint density at radius 2 is 2.07 bits per heavy atom. The normalized spacial score (nSPS) is 48.2. The molecule has 0 spiro atoms. The third kappa shape index (κ3) is 1.06. The molecule has 2 saturated carbocycles. The van der Waals surface area contributed by atoms with Crippen molar-refractivity contribution < 1.29 is 9.53 Å². The number of carbonyl (C=O) groups is 1. The molecule has 0 N–H and O–H groups in total. The fourth-order valence-electron chi connectivity index (χ4n) is 3.82. The van der Waals surface area contributed by atoms with Gasteiger partial charge in [0.1, 0.15) is 6.10 Å². The molecule has 0 aromatic carbocycles. The summed E-state index contributed by atoms with van der Waals surface area (Å²) in [6, 6.07) is 0. The molecule has 0 radical (unpaired) electrons. The minimum Gasteiger partial charge on any atom is -0.462 e. The van der Waals surface area contributed by atoms with Crippen molar-refractivity contribution >= 4 is 5.97 Å². The van der Waals surface area contributed by atoms with Gasteiger partial charge in [-0.05, 0) is 37.0 Å². The molecule has 5 atom stereocenters. The van der Waals surface area contributed by atoms with E-state index in [1.54, 1.807) is 0 Å². The summed E-state index contributed by atoms with van der Waals surface area (Å²) in [7, 11) is 0. The van der Waals surface area contributed by atoms with E-state index in [2.05, 4.69) is 12.2 Å². The molecular formula is C12H16O2. The number of ether oxygens (including phenoxy) is 1. The van der Waals surface area contributed by atoms with Gasteiger partial charge in [0.2, 0.25) is 0 Å². The van der Waals surface area contributed by atoms with Crippen LogP contribution < -0.4 is 0 Å². The molecule has 0 aliphatic heterocycles. The van der Waals surface area contributed by atoms with Crippen LogP contribution in [0.15, 0.2) is 12.2 Å². The molecule has 2 fully saturated rings. The second-order valence-corrected chi connectivity index (χ2v) is 4.91. The predicted octanol–water partition coefficient (Wildman–Crippen LogP) is 2.15. The van der Waals surface area contributed by atoms with Crippen LogP contribution in [-0.2, 0) is 9.53 Å². The lowest BCUT2D eigenvalue weighted by molar-refractivity contribution is -0.148.